The first-order valence-electron chi connectivity index (χ1n) is 10.9. The second-order valence-electron chi connectivity index (χ2n) is 8.43. The van der Waals surface area contributed by atoms with Gasteiger partial charge in [0.25, 0.3) is 0 Å². The highest BCUT2D eigenvalue weighted by molar-refractivity contribution is 7.99. The molecule has 1 aliphatic rings. The lowest BCUT2D eigenvalue weighted by Gasteiger charge is -2.36. The molecule has 4 aromatic rings. The number of rotatable bonds is 4. The molecule has 166 valence electrons. The lowest BCUT2D eigenvalue weighted by Crippen LogP contribution is -2.34. The van der Waals surface area contributed by atoms with Gasteiger partial charge in [0.05, 0.1) is 10.9 Å². The number of hydrogen-bond donors (Lipinski definition) is 2. The normalized spacial score (nSPS) is 19.6. The third-order valence-electron chi connectivity index (χ3n) is 6.04. The van der Waals surface area contributed by atoms with Gasteiger partial charge in [-0.15, -0.1) is 0 Å². The second-order valence-corrected chi connectivity index (χ2v) is 10.6. The van der Waals surface area contributed by atoms with E-state index in [1.807, 2.05) is 49.4 Å². The van der Waals surface area contributed by atoms with Crippen LogP contribution in [0.5, 0.6) is 0 Å². The second kappa shape index (κ2) is 9.04. The summed E-state index contributed by atoms with van der Waals surface area (Å²) in [6.45, 7) is 4.08. The van der Waals surface area contributed by atoms with Crippen LogP contribution < -0.4 is 10.2 Å². The number of hydrogen-bond acceptors (Lipinski definition) is 4. The quantitative estimate of drug-likeness (QED) is 0.367. The first-order valence-corrected chi connectivity index (χ1v) is 12.6. The van der Waals surface area contributed by atoms with Gasteiger partial charge in [-0.05, 0) is 37.1 Å². The predicted molar refractivity (Wildman–Crippen MR) is 136 cm³/mol. The Hall–Kier alpha value is -3.09. The van der Waals surface area contributed by atoms with Crippen molar-refractivity contribution in [1.29, 1.82) is 0 Å². The molecule has 1 amide bonds. The summed E-state index contributed by atoms with van der Waals surface area (Å²) in [6.07, 6.45) is 0. The summed E-state index contributed by atoms with van der Waals surface area (Å²) in [5, 5.41) is 3.88. The number of aryl methyl sites for hydroxylation is 2. The number of carbonyl (C=O) groups excluding carboxylic acids is 1. The maximum atomic E-state index is 13.9. The van der Waals surface area contributed by atoms with E-state index in [4.69, 9.17) is 0 Å². The molecule has 0 aliphatic carbocycles. The molecule has 0 unspecified atom stereocenters. The minimum absolute atomic E-state index is 0.0442. The van der Waals surface area contributed by atoms with E-state index < -0.39 is 0 Å². The minimum Gasteiger partial charge on any atom is -0.326 e. The number of fused-ring (bicyclic) bond motifs is 1. The number of aromatic amines is 1. The van der Waals surface area contributed by atoms with E-state index in [9.17, 15) is 9.59 Å². The van der Waals surface area contributed by atoms with Gasteiger partial charge < -0.3 is 10.3 Å². The van der Waals surface area contributed by atoms with Gasteiger partial charge in [0.15, 0.2) is 0 Å². The summed E-state index contributed by atoms with van der Waals surface area (Å²) >= 11 is 2.79. The number of amides is 1. The van der Waals surface area contributed by atoms with E-state index in [0.29, 0.717) is 0 Å². The predicted octanol–water partition coefficient (Wildman–Crippen LogP) is 6.29. The summed E-state index contributed by atoms with van der Waals surface area (Å²) in [4.78, 5) is 30.1. The zero-order valence-electron chi connectivity index (χ0n) is 18.4. The number of anilines is 1. The molecule has 1 aliphatic heterocycles. The largest absolute Gasteiger partial charge is 0.326 e. The fraction of sp³-hybridized carbons (Fsp3) is 0.185. The first-order chi connectivity index (χ1) is 16.0. The Morgan fingerprint density at radius 2 is 1.48 bits per heavy atom. The Morgan fingerprint density at radius 3 is 2.15 bits per heavy atom. The van der Waals surface area contributed by atoms with Crippen molar-refractivity contribution in [3.8, 4) is 0 Å². The highest BCUT2D eigenvalue weighted by Crippen LogP contribution is 2.55. The molecule has 2 N–H and O–H groups in total. The minimum atomic E-state index is -0.389. The van der Waals surface area contributed by atoms with E-state index >= 15 is 0 Å². The number of thiazole rings is 1. The molecular formula is C27H24N2O2S2. The molecule has 0 spiro atoms. The van der Waals surface area contributed by atoms with Crippen molar-refractivity contribution in [2.75, 3.05) is 5.32 Å². The van der Waals surface area contributed by atoms with Crippen molar-refractivity contribution >= 4 is 34.7 Å². The number of carbonyl (C=O) groups is 1. The highest BCUT2D eigenvalue weighted by atomic mass is 32.2. The van der Waals surface area contributed by atoms with Crippen LogP contribution in [0.3, 0.4) is 0 Å². The Balaban J connectivity index is 1.64. The summed E-state index contributed by atoms with van der Waals surface area (Å²) < 4.78 is 0. The van der Waals surface area contributed by atoms with Crippen molar-refractivity contribution in [3.05, 3.63) is 116 Å². The number of nitrogens with one attached hydrogen (secondary N) is 2. The van der Waals surface area contributed by atoms with Crippen LogP contribution in [0.25, 0.3) is 0 Å². The van der Waals surface area contributed by atoms with Gasteiger partial charge in [-0.2, -0.15) is 0 Å². The molecule has 5 rings (SSSR count). The zero-order chi connectivity index (χ0) is 22.9. The standard InChI is InChI=1S/C27H24N2O2S2/c1-16-8-12-18(13-9-16)21-22(25(30)28-20-14-10-17(2)11-15-20)23(19-6-4-3-5-7-19)32-26-24(21)33-27(31)29-26/h3-15,21-23H,1-2H3,(H,28,30)(H,29,31)/t21-,22-,23+/m1/s1. The molecule has 0 saturated heterocycles. The topological polar surface area (TPSA) is 62.0 Å². The molecule has 2 heterocycles. The highest BCUT2D eigenvalue weighted by Gasteiger charge is 2.45. The third kappa shape index (κ3) is 4.41. The van der Waals surface area contributed by atoms with Crippen LogP contribution in [0.1, 0.15) is 38.3 Å². The number of H-pyrrole nitrogens is 1. The van der Waals surface area contributed by atoms with Gasteiger partial charge in [0.2, 0.25) is 5.91 Å². The van der Waals surface area contributed by atoms with Crippen molar-refractivity contribution in [2.45, 2.75) is 30.0 Å². The zero-order valence-corrected chi connectivity index (χ0v) is 20.0. The van der Waals surface area contributed by atoms with Crippen molar-refractivity contribution in [3.63, 3.8) is 0 Å². The maximum Gasteiger partial charge on any atom is 0.305 e. The van der Waals surface area contributed by atoms with E-state index in [2.05, 4.69) is 53.6 Å². The Labute approximate surface area is 201 Å². The van der Waals surface area contributed by atoms with Crippen molar-refractivity contribution in [2.24, 2.45) is 5.92 Å². The van der Waals surface area contributed by atoms with Crippen LogP contribution in [0.15, 0.2) is 88.7 Å². The van der Waals surface area contributed by atoms with Crippen LogP contribution in [-0.2, 0) is 4.79 Å². The lowest BCUT2D eigenvalue weighted by molar-refractivity contribution is -0.120. The van der Waals surface area contributed by atoms with Gasteiger partial charge >= 0.3 is 4.87 Å². The van der Waals surface area contributed by atoms with E-state index in [0.717, 1.165) is 37.8 Å². The van der Waals surface area contributed by atoms with Crippen molar-refractivity contribution < 1.29 is 4.79 Å². The smallest absolute Gasteiger partial charge is 0.305 e. The summed E-state index contributed by atoms with van der Waals surface area (Å²) in [7, 11) is 0. The molecule has 4 nitrogen and oxygen atoms in total. The molecule has 0 radical (unpaired) electrons. The molecule has 3 aromatic carbocycles. The summed E-state index contributed by atoms with van der Waals surface area (Å²) in [5.41, 5.74) is 5.19. The monoisotopic (exact) mass is 472 g/mol. The molecule has 1 aromatic heterocycles. The molecule has 0 fully saturated rings. The Morgan fingerprint density at radius 1 is 0.848 bits per heavy atom. The van der Waals surface area contributed by atoms with Crippen LogP contribution in [0, 0.1) is 19.8 Å². The molecular weight excluding hydrogens is 448 g/mol. The van der Waals surface area contributed by atoms with E-state index in [-0.39, 0.29) is 27.9 Å². The van der Waals surface area contributed by atoms with Gasteiger partial charge in [-0.1, -0.05) is 101 Å². The van der Waals surface area contributed by atoms with Crippen LogP contribution >= 0.6 is 23.1 Å². The van der Waals surface area contributed by atoms with Gasteiger partial charge in [-0.25, -0.2) is 0 Å². The third-order valence-corrected chi connectivity index (χ3v) is 8.51. The van der Waals surface area contributed by atoms with Gasteiger partial charge in [0, 0.05) is 21.7 Å². The molecule has 3 atom stereocenters. The van der Waals surface area contributed by atoms with Crippen LogP contribution in [0.4, 0.5) is 5.69 Å². The molecule has 0 bridgehead atoms. The molecule has 6 heteroatoms. The van der Waals surface area contributed by atoms with Crippen LogP contribution in [0.2, 0.25) is 0 Å². The summed E-state index contributed by atoms with van der Waals surface area (Å²) in [6, 6.07) is 26.2. The first kappa shape index (κ1) is 21.7. The van der Waals surface area contributed by atoms with Crippen molar-refractivity contribution in [1.82, 2.24) is 4.98 Å². The number of thioether (sulfide) groups is 1. The molecule has 0 saturated carbocycles. The number of aromatic nitrogens is 1. The number of benzene rings is 3. The average Bonchev–Trinajstić information content (AvgIpc) is 3.20. The lowest BCUT2D eigenvalue weighted by atomic mass is 9.79. The molecule has 33 heavy (non-hydrogen) atoms. The fourth-order valence-electron chi connectivity index (χ4n) is 4.36. The fourth-order valence-corrected chi connectivity index (χ4v) is 6.97. The maximum absolute atomic E-state index is 13.9. The Kier molecular flexibility index (Phi) is 5.96. The van der Waals surface area contributed by atoms with E-state index in [1.54, 1.807) is 11.8 Å². The summed E-state index contributed by atoms with van der Waals surface area (Å²) in [5.74, 6) is -0.654. The average molecular weight is 473 g/mol. The van der Waals surface area contributed by atoms with E-state index in [1.165, 1.54) is 11.3 Å². The van der Waals surface area contributed by atoms with Crippen LogP contribution in [-0.4, -0.2) is 10.9 Å². The van der Waals surface area contributed by atoms with Gasteiger partial charge in [0.1, 0.15) is 0 Å². The van der Waals surface area contributed by atoms with Gasteiger partial charge in [-0.3, -0.25) is 9.59 Å². The SMILES string of the molecule is Cc1ccc(NC(=O)[C@@H]2[C@@H](c3ccc(C)cc3)c3sc(=O)[nH]c3S[C@H]2c2ccccc2)cc1. The Bertz CT molecular complexity index is 1330.